The number of allylic oxidation sites excluding steroid dienone is 5. The lowest BCUT2D eigenvalue weighted by atomic mass is 10.0. The quantitative estimate of drug-likeness (QED) is 0.646. The van der Waals surface area contributed by atoms with E-state index in [0.717, 1.165) is 5.57 Å². The van der Waals surface area contributed by atoms with E-state index in [2.05, 4.69) is 13.2 Å². The van der Waals surface area contributed by atoms with Crippen molar-refractivity contribution in [2.24, 2.45) is 0 Å². The summed E-state index contributed by atoms with van der Waals surface area (Å²) in [6.45, 7) is 11.2. The van der Waals surface area contributed by atoms with Crippen LogP contribution in [0.3, 0.4) is 0 Å². The molecule has 0 aromatic heterocycles. The molecule has 1 heterocycles. The molecule has 15 heavy (non-hydrogen) atoms. The second-order valence-corrected chi connectivity index (χ2v) is 2.67. The van der Waals surface area contributed by atoms with Crippen molar-refractivity contribution in [3.8, 4) is 0 Å². The summed E-state index contributed by atoms with van der Waals surface area (Å²) in [6, 6.07) is 0. The van der Waals surface area contributed by atoms with E-state index in [1.165, 1.54) is 0 Å². The molecule has 0 N–H and O–H groups in total. The van der Waals surface area contributed by atoms with Crippen LogP contribution in [0.25, 0.3) is 0 Å². The number of esters is 1. The highest BCUT2D eigenvalue weighted by molar-refractivity contribution is 5.74. The number of carbonyl (C=O) groups excluding carboxylic acids is 1. The fourth-order valence-corrected chi connectivity index (χ4v) is 1.15. The summed E-state index contributed by atoms with van der Waals surface area (Å²) in [5.41, 5.74) is 0.995. The zero-order chi connectivity index (χ0) is 11.7. The fourth-order valence-electron chi connectivity index (χ4n) is 1.15. The van der Waals surface area contributed by atoms with E-state index in [1.807, 2.05) is 19.9 Å². The number of hydrogen-bond donors (Lipinski definition) is 0. The van der Waals surface area contributed by atoms with Crippen molar-refractivity contribution in [1.82, 2.24) is 0 Å². The van der Waals surface area contributed by atoms with Crippen molar-refractivity contribution in [1.29, 1.82) is 0 Å². The van der Waals surface area contributed by atoms with Crippen molar-refractivity contribution in [3.63, 3.8) is 0 Å². The van der Waals surface area contributed by atoms with E-state index in [-0.39, 0.29) is 5.97 Å². The molecular formula is C13H18O2. The van der Waals surface area contributed by atoms with E-state index >= 15 is 0 Å². The molecule has 1 aliphatic heterocycles. The molecule has 0 saturated carbocycles. The highest BCUT2D eigenvalue weighted by Gasteiger charge is 2.18. The highest BCUT2D eigenvalue weighted by Crippen LogP contribution is 2.24. The summed E-state index contributed by atoms with van der Waals surface area (Å²) in [4.78, 5) is 10.9. The molecule has 0 radical (unpaired) electrons. The first-order chi connectivity index (χ1) is 7.27. The minimum Gasteiger partial charge on any atom is -0.426 e. The second-order valence-electron chi connectivity index (χ2n) is 2.67. The lowest BCUT2D eigenvalue weighted by Gasteiger charge is -2.16. The maximum absolute atomic E-state index is 10.9. The van der Waals surface area contributed by atoms with Crippen molar-refractivity contribution in [2.45, 2.75) is 26.7 Å². The third kappa shape index (κ3) is 4.45. The Bertz CT molecular complexity index is 296. The van der Waals surface area contributed by atoms with Gasteiger partial charge in [-0.2, -0.15) is 0 Å². The third-order valence-electron chi connectivity index (χ3n) is 1.73. The average Bonchev–Trinajstić information content (AvgIpc) is 2.26. The van der Waals surface area contributed by atoms with Crippen molar-refractivity contribution in [2.75, 3.05) is 0 Å². The molecular weight excluding hydrogens is 188 g/mol. The first-order valence-corrected chi connectivity index (χ1v) is 5.13. The Labute approximate surface area is 91.6 Å². The molecule has 1 aliphatic rings. The van der Waals surface area contributed by atoms with Crippen LogP contribution in [0.5, 0.6) is 0 Å². The highest BCUT2D eigenvalue weighted by atomic mass is 16.5. The van der Waals surface area contributed by atoms with Gasteiger partial charge in [0.2, 0.25) is 0 Å². The van der Waals surface area contributed by atoms with Gasteiger partial charge in [-0.05, 0) is 18.1 Å². The van der Waals surface area contributed by atoms with Gasteiger partial charge in [-0.15, -0.1) is 0 Å². The number of cyclic esters (lactones) is 1. The maximum Gasteiger partial charge on any atom is 0.311 e. The van der Waals surface area contributed by atoms with Crippen LogP contribution in [0.1, 0.15) is 26.7 Å². The molecule has 0 aromatic carbocycles. The molecule has 1 fully saturated rings. The van der Waals surface area contributed by atoms with Gasteiger partial charge in [-0.3, -0.25) is 4.79 Å². The summed E-state index contributed by atoms with van der Waals surface area (Å²) in [5.74, 6) is 0.403. The Morgan fingerprint density at radius 2 is 1.73 bits per heavy atom. The van der Waals surface area contributed by atoms with Gasteiger partial charge in [0.1, 0.15) is 5.76 Å². The molecule has 0 spiro atoms. The molecule has 2 heteroatoms. The molecule has 0 atom stereocenters. The van der Waals surface area contributed by atoms with Crippen LogP contribution in [0, 0.1) is 0 Å². The predicted molar refractivity (Wildman–Crippen MR) is 63.2 cm³/mol. The maximum atomic E-state index is 10.9. The SMILES string of the molecule is C=C/C=C1/CCC(=O)O/C1=C/C=C.CC. The minimum absolute atomic E-state index is 0.186. The van der Waals surface area contributed by atoms with Crippen LogP contribution < -0.4 is 0 Å². The Morgan fingerprint density at radius 1 is 1.13 bits per heavy atom. The van der Waals surface area contributed by atoms with Crippen LogP contribution >= 0.6 is 0 Å². The summed E-state index contributed by atoms with van der Waals surface area (Å²) in [5, 5.41) is 0. The zero-order valence-corrected chi connectivity index (χ0v) is 9.45. The van der Waals surface area contributed by atoms with E-state index in [0.29, 0.717) is 18.6 Å². The van der Waals surface area contributed by atoms with Crippen molar-refractivity contribution >= 4 is 5.97 Å². The van der Waals surface area contributed by atoms with Gasteiger partial charge in [0.05, 0.1) is 6.42 Å². The van der Waals surface area contributed by atoms with E-state index in [4.69, 9.17) is 4.74 Å². The summed E-state index contributed by atoms with van der Waals surface area (Å²) in [7, 11) is 0. The van der Waals surface area contributed by atoms with Gasteiger partial charge < -0.3 is 4.74 Å². The van der Waals surface area contributed by atoms with Crippen LogP contribution in [0.15, 0.2) is 48.8 Å². The third-order valence-corrected chi connectivity index (χ3v) is 1.73. The fraction of sp³-hybridized carbons (Fsp3) is 0.308. The van der Waals surface area contributed by atoms with Gasteiger partial charge in [0.15, 0.2) is 0 Å². The topological polar surface area (TPSA) is 26.3 Å². The molecule has 2 nitrogen and oxygen atoms in total. The predicted octanol–water partition coefficient (Wildman–Crippen LogP) is 3.53. The Morgan fingerprint density at radius 3 is 2.27 bits per heavy atom. The molecule has 82 valence electrons. The van der Waals surface area contributed by atoms with Crippen LogP contribution in [-0.4, -0.2) is 5.97 Å². The smallest absolute Gasteiger partial charge is 0.311 e. The minimum atomic E-state index is -0.186. The molecule has 1 saturated heterocycles. The van der Waals surface area contributed by atoms with Gasteiger partial charge in [0, 0.05) is 0 Å². The van der Waals surface area contributed by atoms with Crippen molar-refractivity contribution in [3.05, 3.63) is 48.8 Å². The standard InChI is InChI=1S/C11H12O2.C2H6/c1-3-5-9-7-8-11(12)13-10(9)6-4-2;1-2/h3-6H,1-2,7-8H2;1-2H3/b9-5-,10-6+;. The molecule has 0 amide bonds. The largest absolute Gasteiger partial charge is 0.426 e. The van der Waals surface area contributed by atoms with Crippen LogP contribution in [-0.2, 0) is 9.53 Å². The Kier molecular flexibility index (Phi) is 6.98. The summed E-state index contributed by atoms with van der Waals surface area (Å²) >= 11 is 0. The monoisotopic (exact) mass is 206 g/mol. The van der Waals surface area contributed by atoms with E-state index in [9.17, 15) is 4.79 Å². The van der Waals surface area contributed by atoms with Gasteiger partial charge in [-0.1, -0.05) is 45.2 Å². The molecule has 0 unspecified atom stereocenters. The van der Waals surface area contributed by atoms with Crippen LogP contribution in [0.2, 0.25) is 0 Å². The summed E-state index contributed by atoms with van der Waals surface area (Å²) < 4.78 is 5.03. The van der Waals surface area contributed by atoms with Crippen molar-refractivity contribution < 1.29 is 9.53 Å². The zero-order valence-electron chi connectivity index (χ0n) is 9.45. The summed E-state index contributed by atoms with van der Waals surface area (Å²) in [6.07, 6.45) is 7.98. The van der Waals surface area contributed by atoms with E-state index < -0.39 is 0 Å². The first kappa shape index (κ1) is 13.4. The van der Waals surface area contributed by atoms with Gasteiger partial charge in [0.25, 0.3) is 0 Å². The Hall–Kier alpha value is -1.57. The number of rotatable bonds is 2. The lowest BCUT2D eigenvalue weighted by molar-refractivity contribution is -0.140. The Balaban J connectivity index is 0.000000921. The lowest BCUT2D eigenvalue weighted by Crippen LogP contribution is -2.12. The normalized spacial score (nSPS) is 20.3. The molecule has 1 rings (SSSR count). The van der Waals surface area contributed by atoms with E-state index in [1.54, 1.807) is 18.2 Å². The molecule has 0 aromatic rings. The first-order valence-electron chi connectivity index (χ1n) is 5.13. The number of hydrogen-bond acceptors (Lipinski definition) is 2. The molecule has 0 aliphatic carbocycles. The van der Waals surface area contributed by atoms with Gasteiger partial charge >= 0.3 is 5.97 Å². The number of carbonyl (C=O) groups is 1. The molecule has 0 bridgehead atoms. The second kappa shape index (κ2) is 7.80. The number of ether oxygens (including phenoxy) is 1. The van der Waals surface area contributed by atoms with Gasteiger partial charge in [-0.25, -0.2) is 0 Å². The average molecular weight is 206 g/mol. The van der Waals surface area contributed by atoms with Crippen LogP contribution in [0.4, 0.5) is 0 Å².